The van der Waals surface area contributed by atoms with Crippen LogP contribution in [0.15, 0.2) is 33.5 Å². The van der Waals surface area contributed by atoms with Crippen molar-refractivity contribution < 1.29 is 48.9 Å². The summed E-state index contributed by atoms with van der Waals surface area (Å²) in [6, 6.07) is 5.78. The van der Waals surface area contributed by atoms with E-state index >= 15 is 0 Å². The minimum atomic E-state index is -1.72. The van der Waals surface area contributed by atoms with E-state index < -0.39 is 48.5 Å². The fraction of sp³-hybridized carbons (Fsp3) is 0.381. The van der Waals surface area contributed by atoms with Gasteiger partial charge in [-0.25, -0.2) is 0 Å². The third-order valence-electron chi connectivity index (χ3n) is 5.35. The molecule has 1 fully saturated rings. The largest absolute Gasteiger partial charge is 0.504 e. The number of para-hydroxylation sites is 1. The van der Waals surface area contributed by atoms with E-state index in [2.05, 4.69) is 0 Å². The molecule has 2 heterocycles. The number of aromatic hydroxyl groups is 1. The summed E-state index contributed by atoms with van der Waals surface area (Å²) in [5.41, 5.74) is -0.567. The Morgan fingerprint density at radius 1 is 1.00 bits per heavy atom. The molecule has 5 atom stereocenters. The fourth-order valence-electron chi connectivity index (χ4n) is 3.69. The molecule has 11 nitrogen and oxygen atoms in total. The van der Waals surface area contributed by atoms with E-state index in [9.17, 15) is 30.3 Å². The number of fused-ring (bicyclic) bond motifs is 2. The summed E-state index contributed by atoms with van der Waals surface area (Å²) in [6.07, 6.45) is -7.80. The summed E-state index contributed by atoms with van der Waals surface area (Å²) >= 11 is 0. The van der Waals surface area contributed by atoms with E-state index in [1.54, 1.807) is 12.1 Å². The van der Waals surface area contributed by atoms with Gasteiger partial charge in [0.1, 0.15) is 35.6 Å². The molecule has 32 heavy (non-hydrogen) atoms. The Kier molecular flexibility index (Phi) is 5.84. The first-order chi connectivity index (χ1) is 15.3. The van der Waals surface area contributed by atoms with Crippen LogP contribution < -0.4 is 19.6 Å². The molecule has 0 spiro atoms. The molecule has 11 heteroatoms. The second kappa shape index (κ2) is 8.45. The van der Waals surface area contributed by atoms with Gasteiger partial charge in [0.25, 0.3) is 0 Å². The van der Waals surface area contributed by atoms with Crippen LogP contribution in [0.25, 0.3) is 21.9 Å². The third kappa shape index (κ3) is 3.40. The number of phenols is 1. The van der Waals surface area contributed by atoms with E-state index in [-0.39, 0.29) is 39.2 Å². The minimum absolute atomic E-state index is 0.121. The zero-order chi connectivity index (χ0) is 23.2. The number of aliphatic hydroxyl groups is 4. The Hall–Kier alpha value is -3.09. The van der Waals surface area contributed by atoms with Crippen molar-refractivity contribution in [3.05, 3.63) is 34.5 Å². The van der Waals surface area contributed by atoms with Crippen molar-refractivity contribution >= 4 is 21.9 Å². The molecule has 0 amide bonds. The average Bonchev–Trinajstić information content (AvgIpc) is 2.79. The van der Waals surface area contributed by atoms with Crippen LogP contribution in [0.2, 0.25) is 0 Å². The first-order valence-electron chi connectivity index (χ1n) is 9.63. The Labute approximate surface area is 180 Å². The van der Waals surface area contributed by atoms with Crippen LogP contribution in [0.3, 0.4) is 0 Å². The second-order valence-electron chi connectivity index (χ2n) is 7.21. The van der Waals surface area contributed by atoms with Gasteiger partial charge in [0.15, 0.2) is 22.7 Å². The Morgan fingerprint density at radius 3 is 2.41 bits per heavy atom. The zero-order valence-corrected chi connectivity index (χ0v) is 17.1. The van der Waals surface area contributed by atoms with Gasteiger partial charge in [-0.05, 0) is 12.1 Å². The number of rotatable bonds is 5. The van der Waals surface area contributed by atoms with Crippen molar-refractivity contribution in [1.82, 2.24) is 0 Å². The number of hydrogen-bond acceptors (Lipinski definition) is 11. The Bertz CT molecular complexity index is 1200. The monoisotopic (exact) mass is 450 g/mol. The minimum Gasteiger partial charge on any atom is -0.504 e. The maximum atomic E-state index is 13.4. The van der Waals surface area contributed by atoms with E-state index in [0.29, 0.717) is 0 Å². The van der Waals surface area contributed by atoms with Gasteiger partial charge in [-0.3, -0.25) is 4.79 Å². The predicted octanol–water partition coefficient (Wildman–Crippen LogP) is -0.152. The van der Waals surface area contributed by atoms with Gasteiger partial charge >= 0.3 is 0 Å². The van der Waals surface area contributed by atoms with E-state index in [4.69, 9.17) is 23.4 Å². The highest BCUT2D eigenvalue weighted by molar-refractivity contribution is 5.98. The molecular weight excluding hydrogens is 428 g/mol. The van der Waals surface area contributed by atoms with Gasteiger partial charge in [0.05, 0.1) is 26.2 Å². The normalized spacial score (nSPS) is 25.8. The van der Waals surface area contributed by atoms with Crippen molar-refractivity contribution in [2.24, 2.45) is 0 Å². The molecule has 1 saturated heterocycles. The molecule has 0 bridgehead atoms. The average molecular weight is 450 g/mol. The van der Waals surface area contributed by atoms with Gasteiger partial charge < -0.3 is 48.9 Å². The molecule has 1 aliphatic rings. The lowest BCUT2D eigenvalue weighted by atomic mass is 9.99. The Morgan fingerprint density at radius 2 is 1.75 bits per heavy atom. The van der Waals surface area contributed by atoms with Gasteiger partial charge in [-0.15, -0.1) is 0 Å². The number of aliphatic hydroxyl groups excluding tert-OH is 4. The standard InChI is InChI=1S/C21H22O11/c1-28-10-5-3-4-8-14(24)13-11(6-9(23)19(29-2)20(13)32-18(8)10)30-21-17(27)16(26)15(25)12(7-22)31-21/h3-6,12,15-17,21-23,25-27H,7H2,1-2H3. The summed E-state index contributed by atoms with van der Waals surface area (Å²) in [6.45, 7) is -0.661. The van der Waals surface area contributed by atoms with Crippen LogP contribution in [-0.4, -0.2) is 77.1 Å². The maximum absolute atomic E-state index is 13.4. The summed E-state index contributed by atoms with van der Waals surface area (Å²) in [5, 5.41) is 50.1. The van der Waals surface area contributed by atoms with Crippen LogP contribution in [0.4, 0.5) is 0 Å². The van der Waals surface area contributed by atoms with Crippen LogP contribution in [0, 0.1) is 0 Å². The van der Waals surface area contributed by atoms with Gasteiger partial charge in [0, 0.05) is 6.07 Å². The molecule has 2 aromatic carbocycles. The molecule has 1 aromatic heterocycles. The number of ether oxygens (including phenoxy) is 4. The van der Waals surface area contributed by atoms with Crippen molar-refractivity contribution in [1.29, 1.82) is 0 Å². The molecular formula is C21H22O11. The van der Waals surface area contributed by atoms with Crippen molar-refractivity contribution in [2.45, 2.75) is 30.7 Å². The number of methoxy groups -OCH3 is 2. The van der Waals surface area contributed by atoms with E-state index in [1.807, 2.05) is 0 Å². The van der Waals surface area contributed by atoms with E-state index in [0.717, 1.165) is 6.07 Å². The fourth-order valence-corrected chi connectivity index (χ4v) is 3.69. The lowest BCUT2D eigenvalue weighted by Gasteiger charge is -2.39. The molecule has 4 rings (SSSR count). The van der Waals surface area contributed by atoms with Crippen LogP contribution in [0.5, 0.6) is 23.0 Å². The first kappa shape index (κ1) is 22.1. The van der Waals surface area contributed by atoms with Crippen molar-refractivity contribution in [3.8, 4) is 23.0 Å². The second-order valence-corrected chi connectivity index (χ2v) is 7.21. The van der Waals surface area contributed by atoms with Crippen LogP contribution in [0.1, 0.15) is 0 Å². The molecule has 172 valence electrons. The number of hydrogen-bond donors (Lipinski definition) is 5. The predicted molar refractivity (Wildman–Crippen MR) is 109 cm³/mol. The molecule has 5 N–H and O–H groups in total. The van der Waals surface area contributed by atoms with Gasteiger partial charge in [-0.2, -0.15) is 0 Å². The molecule has 5 unspecified atom stereocenters. The third-order valence-corrected chi connectivity index (χ3v) is 5.35. The quantitative estimate of drug-likeness (QED) is 0.328. The summed E-state index contributed by atoms with van der Waals surface area (Å²) < 4.78 is 27.3. The first-order valence-corrected chi connectivity index (χ1v) is 9.63. The van der Waals surface area contributed by atoms with Crippen molar-refractivity contribution in [2.75, 3.05) is 20.8 Å². The highest BCUT2D eigenvalue weighted by atomic mass is 16.7. The molecule has 0 aliphatic carbocycles. The van der Waals surface area contributed by atoms with E-state index in [1.165, 1.54) is 20.3 Å². The zero-order valence-electron chi connectivity index (χ0n) is 17.1. The van der Waals surface area contributed by atoms with Gasteiger partial charge in [-0.1, -0.05) is 6.07 Å². The smallest absolute Gasteiger partial charge is 0.229 e. The summed E-state index contributed by atoms with van der Waals surface area (Å²) in [7, 11) is 2.69. The van der Waals surface area contributed by atoms with Crippen LogP contribution in [-0.2, 0) is 4.74 Å². The summed E-state index contributed by atoms with van der Waals surface area (Å²) in [5.74, 6) is -0.521. The maximum Gasteiger partial charge on any atom is 0.229 e. The summed E-state index contributed by atoms with van der Waals surface area (Å²) in [4.78, 5) is 13.4. The molecule has 0 saturated carbocycles. The number of benzene rings is 2. The Balaban J connectivity index is 1.92. The molecule has 1 aliphatic heterocycles. The molecule has 3 aromatic rings. The lowest BCUT2D eigenvalue weighted by Crippen LogP contribution is -2.60. The lowest BCUT2D eigenvalue weighted by molar-refractivity contribution is -0.277. The highest BCUT2D eigenvalue weighted by Crippen LogP contribution is 2.42. The van der Waals surface area contributed by atoms with Gasteiger partial charge in [0.2, 0.25) is 17.5 Å². The number of phenolic OH excluding ortho intramolecular Hbond substituents is 1. The van der Waals surface area contributed by atoms with Crippen molar-refractivity contribution in [3.63, 3.8) is 0 Å². The van der Waals surface area contributed by atoms with Crippen LogP contribution >= 0.6 is 0 Å². The SMILES string of the molecule is COc1cccc2c(=O)c3c(OC4OC(CO)C(O)C(O)C4O)cc(O)c(OC)c3oc12. The molecule has 0 radical (unpaired) electrons. The highest BCUT2D eigenvalue weighted by Gasteiger charge is 2.45. The topological polar surface area (TPSA) is 168 Å².